The quantitative estimate of drug-likeness (QED) is 0.737. The van der Waals surface area contributed by atoms with Crippen molar-refractivity contribution in [2.75, 3.05) is 12.4 Å². The molecule has 0 heterocycles. The zero-order chi connectivity index (χ0) is 15.4. The highest BCUT2D eigenvalue weighted by atomic mass is 35.5. The van der Waals surface area contributed by atoms with Gasteiger partial charge in [0, 0.05) is 17.8 Å². The maximum Gasteiger partial charge on any atom is 0.142 e. The molecule has 0 saturated carbocycles. The summed E-state index contributed by atoms with van der Waals surface area (Å²) in [6.07, 6.45) is 0. The summed E-state index contributed by atoms with van der Waals surface area (Å²) in [7, 11) is 1.65. The highest BCUT2D eigenvalue weighted by molar-refractivity contribution is 6.35. The first-order valence-corrected chi connectivity index (χ1v) is 7.25. The van der Waals surface area contributed by atoms with Crippen LogP contribution in [-0.4, -0.2) is 7.11 Å². The van der Waals surface area contributed by atoms with E-state index in [1.807, 2.05) is 31.2 Å². The van der Waals surface area contributed by atoms with Crippen molar-refractivity contribution in [2.45, 2.75) is 19.6 Å². The van der Waals surface area contributed by atoms with Crippen LogP contribution in [-0.2, 0) is 11.3 Å². The number of benzene rings is 2. The molecule has 0 saturated heterocycles. The summed E-state index contributed by atoms with van der Waals surface area (Å²) in [5.74, 6) is -0.474. The molecule has 2 rings (SSSR count). The standard InChI is InChI=1S/C16H16Cl2FNO/c1-10(13-7-16(19)15(18)8-14(13)17)20-12-5-3-4-11(6-12)9-21-2/h3-8,10,20H,9H2,1-2H3. The summed E-state index contributed by atoms with van der Waals surface area (Å²) >= 11 is 11.8. The normalized spacial score (nSPS) is 12.2. The average Bonchev–Trinajstić information content (AvgIpc) is 2.43. The van der Waals surface area contributed by atoms with Gasteiger partial charge in [0.25, 0.3) is 0 Å². The van der Waals surface area contributed by atoms with Crippen LogP contribution in [0.4, 0.5) is 10.1 Å². The third-order valence-electron chi connectivity index (χ3n) is 3.13. The number of hydrogen-bond acceptors (Lipinski definition) is 2. The lowest BCUT2D eigenvalue weighted by molar-refractivity contribution is 0.185. The van der Waals surface area contributed by atoms with Gasteiger partial charge < -0.3 is 10.1 Å². The fourth-order valence-corrected chi connectivity index (χ4v) is 2.66. The molecule has 1 atom stereocenters. The smallest absolute Gasteiger partial charge is 0.142 e. The minimum absolute atomic E-state index is 0.0260. The van der Waals surface area contributed by atoms with Gasteiger partial charge >= 0.3 is 0 Å². The Hall–Kier alpha value is -1.29. The maximum absolute atomic E-state index is 13.6. The molecule has 112 valence electrons. The van der Waals surface area contributed by atoms with Crippen molar-refractivity contribution < 1.29 is 9.13 Å². The number of ether oxygens (including phenoxy) is 1. The fourth-order valence-electron chi connectivity index (χ4n) is 2.12. The van der Waals surface area contributed by atoms with E-state index in [0.29, 0.717) is 17.2 Å². The van der Waals surface area contributed by atoms with Gasteiger partial charge in [0.1, 0.15) is 5.82 Å². The Morgan fingerprint density at radius 3 is 2.67 bits per heavy atom. The van der Waals surface area contributed by atoms with E-state index >= 15 is 0 Å². The average molecular weight is 328 g/mol. The summed E-state index contributed by atoms with van der Waals surface area (Å²) in [5, 5.41) is 3.76. The Morgan fingerprint density at radius 1 is 1.19 bits per heavy atom. The Bertz CT molecular complexity index is 634. The second-order valence-electron chi connectivity index (χ2n) is 4.79. The van der Waals surface area contributed by atoms with Gasteiger partial charge in [-0.05, 0) is 42.3 Å². The van der Waals surface area contributed by atoms with Crippen molar-refractivity contribution in [3.63, 3.8) is 0 Å². The molecule has 2 nitrogen and oxygen atoms in total. The predicted molar refractivity (Wildman–Crippen MR) is 85.6 cm³/mol. The van der Waals surface area contributed by atoms with Crippen molar-refractivity contribution in [3.05, 3.63) is 63.4 Å². The molecule has 0 aliphatic heterocycles. The summed E-state index contributed by atoms with van der Waals surface area (Å²) in [5.41, 5.74) is 2.64. The molecule has 2 aromatic carbocycles. The van der Waals surface area contributed by atoms with Crippen LogP contribution < -0.4 is 5.32 Å². The van der Waals surface area contributed by atoms with E-state index in [9.17, 15) is 4.39 Å². The van der Waals surface area contributed by atoms with Crippen molar-refractivity contribution in [3.8, 4) is 0 Å². The van der Waals surface area contributed by atoms with Crippen LogP contribution in [0.5, 0.6) is 0 Å². The highest BCUT2D eigenvalue weighted by Gasteiger charge is 2.13. The van der Waals surface area contributed by atoms with Crippen LogP contribution in [0.15, 0.2) is 36.4 Å². The second-order valence-corrected chi connectivity index (χ2v) is 5.60. The predicted octanol–water partition coefficient (Wildman–Crippen LogP) is 5.45. The van der Waals surface area contributed by atoms with Gasteiger partial charge in [-0.25, -0.2) is 4.39 Å². The van der Waals surface area contributed by atoms with E-state index in [1.54, 1.807) is 7.11 Å². The molecule has 0 aliphatic carbocycles. The lowest BCUT2D eigenvalue weighted by Crippen LogP contribution is -2.08. The molecule has 1 unspecified atom stereocenters. The molecule has 0 spiro atoms. The first kappa shape index (κ1) is 16.1. The van der Waals surface area contributed by atoms with E-state index in [-0.39, 0.29) is 11.1 Å². The second kappa shape index (κ2) is 7.12. The van der Waals surface area contributed by atoms with E-state index in [2.05, 4.69) is 5.32 Å². The zero-order valence-electron chi connectivity index (χ0n) is 11.8. The Morgan fingerprint density at radius 2 is 1.95 bits per heavy atom. The summed E-state index contributed by atoms with van der Waals surface area (Å²) in [6.45, 7) is 2.46. The minimum atomic E-state index is -0.474. The van der Waals surface area contributed by atoms with E-state index in [1.165, 1.54) is 12.1 Å². The van der Waals surface area contributed by atoms with Crippen LogP contribution in [0.25, 0.3) is 0 Å². The molecular formula is C16H16Cl2FNO. The van der Waals surface area contributed by atoms with Crippen molar-refractivity contribution in [1.29, 1.82) is 0 Å². The summed E-state index contributed by atoms with van der Waals surface area (Å²) < 4.78 is 18.7. The SMILES string of the molecule is COCc1cccc(NC(C)c2cc(F)c(Cl)cc2Cl)c1. The molecular weight excluding hydrogens is 312 g/mol. The fraction of sp³-hybridized carbons (Fsp3) is 0.250. The molecule has 2 aromatic rings. The van der Waals surface area contributed by atoms with Gasteiger partial charge in [-0.2, -0.15) is 0 Å². The number of methoxy groups -OCH3 is 1. The third kappa shape index (κ3) is 4.10. The lowest BCUT2D eigenvalue weighted by Gasteiger charge is -2.18. The molecule has 0 aromatic heterocycles. The molecule has 0 radical (unpaired) electrons. The molecule has 21 heavy (non-hydrogen) atoms. The topological polar surface area (TPSA) is 21.3 Å². The molecule has 0 aliphatic rings. The molecule has 0 bridgehead atoms. The minimum Gasteiger partial charge on any atom is -0.380 e. The van der Waals surface area contributed by atoms with Crippen molar-refractivity contribution in [2.24, 2.45) is 0 Å². The molecule has 0 amide bonds. The van der Waals surface area contributed by atoms with Gasteiger partial charge in [-0.3, -0.25) is 0 Å². The van der Waals surface area contributed by atoms with E-state index in [0.717, 1.165) is 11.3 Å². The van der Waals surface area contributed by atoms with E-state index < -0.39 is 5.82 Å². The van der Waals surface area contributed by atoms with Crippen LogP contribution >= 0.6 is 23.2 Å². The Balaban J connectivity index is 2.19. The third-order valence-corrected chi connectivity index (χ3v) is 3.74. The van der Waals surface area contributed by atoms with Gasteiger partial charge in [0.05, 0.1) is 17.7 Å². The number of halogens is 3. The zero-order valence-corrected chi connectivity index (χ0v) is 13.3. The van der Waals surface area contributed by atoms with Crippen LogP contribution in [0, 0.1) is 5.82 Å². The molecule has 1 N–H and O–H groups in total. The lowest BCUT2D eigenvalue weighted by atomic mass is 10.1. The van der Waals surface area contributed by atoms with Crippen LogP contribution in [0.3, 0.4) is 0 Å². The van der Waals surface area contributed by atoms with Gasteiger partial charge in [-0.15, -0.1) is 0 Å². The summed E-state index contributed by atoms with van der Waals surface area (Å²) in [6, 6.07) is 10.5. The summed E-state index contributed by atoms with van der Waals surface area (Å²) in [4.78, 5) is 0. The van der Waals surface area contributed by atoms with Crippen LogP contribution in [0.2, 0.25) is 10.0 Å². The Labute approximate surface area is 133 Å². The number of anilines is 1. The van der Waals surface area contributed by atoms with Crippen LogP contribution in [0.1, 0.15) is 24.1 Å². The number of nitrogens with one attached hydrogen (secondary N) is 1. The van der Waals surface area contributed by atoms with E-state index in [4.69, 9.17) is 27.9 Å². The first-order chi connectivity index (χ1) is 10.0. The van der Waals surface area contributed by atoms with Crippen molar-refractivity contribution >= 4 is 28.9 Å². The molecule has 5 heteroatoms. The van der Waals surface area contributed by atoms with Gasteiger partial charge in [0.15, 0.2) is 0 Å². The Kier molecular flexibility index (Phi) is 5.45. The number of hydrogen-bond donors (Lipinski definition) is 1. The maximum atomic E-state index is 13.6. The first-order valence-electron chi connectivity index (χ1n) is 6.50. The molecule has 0 fully saturated rings. The monoisotopic (exact) mass is 327 g/mol. The van der Waals surface area contributed by atoms with Gasteiger partial charge in [0.2, 0.25) is 0 Å². The van der Waals surface area contributed by atoms with Crippen molar-refractivity contribution in [1.82, 2.24) is 0 Å². The van der Waals surface area contributed by atoms with Gasteiger partial charge in [-0.1, -0.05) is 35.3 Å². The number of rotatable bonds is 5. The highest BCUT2D eigenvalue weighted by Crippen LogP contribution is 2.30. The largest absolute Gasteiger partial charge is 0.380 e.